The number of fused-ring (bicyclic) bond motifs is 4. The molecule has 0 spiro atoms. The Morgan fingerprint density at radius 2 is 1.97 bits per heavy atom. The van der Waals surface area contributed by atoms with Crippen LogP contribution in [-0.4, -0.2) is 54.0 Å². The second-order valence-electron chi connectivity index (χ2n) is 9.26. The zero-order valence-electron chi connectivity index (χ0n) is 19.9. The fourth-order valence-corrected chi connectivity index (χ4v) is 5.58. The maximum Gasteiger partial charge on any atom is 0.255 e. The highest BCUT2D eigenvalue weighted by Gasteiger charge is 2.30. The van der Waals surface area contributed by atoms with Gasteiger partial charge in [-0.05, 0) is 37.5 Å². The van der Waals surface area contributed by atoms with Gasteiger partial charge in [0, 0.05) is 36.6 Å². The van der Waals surface area contributed by atoms with Crippen molar-refractivity contribution in [3.63, 3.8) is 0 Å². The number of likely N-dealkylation sites (tertiary alicyclic amines) is 1. The average Bonchev–Trinajstić information content (AvgIpc) is 3.25. The number of carbonyl (C=O) groups is 2. The number of hydrogen-bond donors (Lipinski definition) is 2. The van der Waals surface area contributed by atoms with Gasteiger partial charge in [0.05, 0.1) is 30.3 Å². The van der Waals surface area contributed by atoms with Crippen LogP contribution in [0.25, 0.3) is 11.3 Å². The van der Waals surface area contributed by atoms with Crippen LogP contribution in [0.5, 0.6) is 5.75 Å². The van der Waals surface area contributed by atoms with E-state index >= 15 is 0 Å². The van der Waals surface area contributed by atoms with Gasteiger partial charge in [-0.1, -0.05) is 30.3 Å². The van der Waals surface area contributed by atoms with Gasteiger partial charge in [0.15, 0.2) is 0 Å². The van der Waals surface area contributed by atoms with Gasteiger partial charge in [0.2, 0.25) is 5.91 Å². The predicted molar refractivity (Wildman–Crippen MR) is 136 cm³/mol. The second kappa shape index (κ2) is 11.2. The first-order valence-electron chi connectivity index (χ1n) is 12.3. The predicted octanol–water partition coefficient (Wildman–Crippen LogP) is 3.86. The van der Waals surface area contributed by atoms with Crippen molar-refractivity contribution >= 4 is 23.2 Å². The molecule has 2 atom stereocenters. The van der Waals surface area contributed by atoms with E-state index in [9.17, 15) is 14.0 Å². The van der Waals surface area contributed by atoms with Gasteiger partial charge in [-0.15, -0.1) is 11.3 Å². The molecule has 2 bridgehead atoms. The van der Waals surface area contributed by atoms with Gasteiger partial charge in [-0.3, -0.25) is 14.5 Å². The molecular formula is C27H29FN4O3S. The van der Waals surface area contributed by atoms with E-state index in [2.05, 4.69) is 15.5 Å². The molecule has 2 aliphatic rings. The van der Waals surface area contributed by atoms with Crippen LogP contribution in [0.4, 0.5) is 4.39 Å². The number of aromatic nitrogens is 1. The molecule has 3 heterocycles. The van der Waals surface area contributed by atoms with Crippen molar-refractivity contribution in [2.24, 2.45) is 5.92 Å². The number of hydrogen-bond acceptors (Lipinski definition) is 6. The van der Waals surface area contributed by atoms with E-state index in [1.54, 1.807) is 11.3 Å². The fourth-order valence-electron chi connectivity index (χ4n) is 4.74. The minimum absolute atomic E-state index is 0.0237. The van der Waals surface area contributed by atoms with Crippen LogP contribution in [0.3, 0.4) is 0 Å². The first kappa shape index (κ1) is 24.4. The van der Waals surface area contributed by atoms with Gasteiger partial charge in [-0.2, -0.15) is 0 Å². The molecule has 2 aliphatic heterocycles. The van der Waals surface area contributed by atoms with Crippen LogP contribution in [-0.2, 0) is 11.3 Å². The van der Waals surface area contributed by atoms with Crippen molar-refractivity contribution in [2.75, 3.05) is 26.2 Å². The van der Waals surface area contributed by atoms with Crippen LogP contribution >= 0.6 is 11.3 Å². The number of nitrogens with zero attached hydrogens (tertiary/aromatic N) is 2. The highest BCUT2D eigenvalue weighted by Crippen LogP contribution is 2.26. The molecular weight excluding hydrogens is 479 g/mol. The summed E-state index contributed by atoms with van der Waals surface area (Å²) in [5, 5.41) is 9.11. The number of nitrogens with one attached hydrogen (secondary N) is 2. The Bertz CT molecular complexity index is 1220. The number of rotatable bonds is 3. The summed E-state index contributed by atoms with van der Waals surface area (Å²) in [5.41, 5.74) is 2.19. The number of thiazole rings is 1. The molecule has 1 fully saturated rings. The number of benzene rings is 2. The molecule has 0 unspecified atom stereocenters. The van der Waals surface area contributed by atoms with E-state index in [4.69, 9.17) is 9.72 Å². The third-order valence-electron chi connectivity index (χ3n) is 6.57. The van der Waals surface area contributed by atoms with Crippen molar-refractivity contribution < 1.29 is 18.7 Å². The summed E-state index contributed by atoms with van der Waals surface area (Å²) < 4.78 is 19.7. The quantitative estimate of drug-likeness (QED) is 0.562. The molecule has 0 aliphatic carbocycles. The molecule has 5 rings (SSSR count). The standard InChI is InChI=1S/C27H29FN4O3S/c28-20-8-10-24-22(13-20)27(34)30-21-9-7-19(26(33)29-11-4-12-35-24)14-32(15-21)16-25-31-23(17-36-25)18-5-2-1-3-6-18/h1-3,5-6,8,10,13,17,19,21H,4,7,9,11-12,14-16H2,(H,29,33)(H,30,34)/t19-,21+/m0/s1. The monoisotopic (exact) mass is 508 g/mol. The summed E-state index contributed by atoms with van der Waals surface area (Å²) in [6.45, 7) is 2.54. The number of halogens is 1. The van der Waals surface area contributed by atoms with Crippen LogP contribution in [0.2, 0.25) is 0 Å². The summed E-state index contributed by atoms with van der Waals surface area (Å²) in [6, 6.07) is 13.8. The SMILES string of the molecule is O=C1N[C@@H]2CC[C@@H](CN(Cc3nc(-c4ccccc4)cs3)C2)C(=O)NCCCOc2ccc(F)cc21. The highest BCUT2D eigenvalue weighted by atomic mass is 32.1. The normalized spacial score (nSPS) is 21.5. The lowest BCUT2D eigenvalue weighted by atomic mass is 10.0. The van der Waals surface area contributed by atoms with Crippen molar-refractivity contribution in [1.82, 2.24) is 20.5 Å². The Kier molecular flexibility index (Phi) is 7.58. The highest BCUT2D eigenvalue weighted by molar-refractivity contribution is 7.09. The van der Waals surface area contributed by atoms with Crippen molar-refractivity contribution in [3.05, 3.63) is 70.3 Å². The maximum atomic E-state index is 14.0. The third kappa shape index (κ3) is 5.91. The van der Waals surface area contributed by atoms with E-state index in [0.717, 1.165) is 16.3 Å². The number of ether oxygens (including phenoxy) is 1. The molecule has 0 radical (unpaired) electrons. The minimum atomic E-state index is -0.485. The van der Waals surface area contributed by atoms with Crippen LogP contribution in [0.15, 0.2) is 53.9 Å². The second-order valence-corrected chi connectivity index (χ2v) is 10.2. The van der Waals surface area contributed by atoms with Gasteiger partial charge in [-0.25, -0.2) is 9.37 Å². The largest absolute Gasteiger partial charge is 0.493 e. The van der Waals surface area contributed by atoms with E-state index in [1.165, 1.54) is 18.2 Å². The number of amides is 2. The van der Waals surface area contributed by atoms with Gasteiger partial charge in [0.1, 0.15) is 16.6 Å². The first-order chi connectivity index (χ1) is 17.5. The molecule has 7 nitrogen and oxygen atoms in total. The maximum absolute atomic E-state index is 14.0. The molecule has 0 saturated carbocycles. The molecule has 1 aromatic heterocycles. The van der Waals surface area contributed by atoms with E-state index in [1.807, 2.05) is 35.7 Å². The molecule has 1 saturated heterocycles. The fraction of sp³-hybridized carbons (Fsp3) is 0.370. The van der Waals surface area contributed by atoms with E-state index in [-0.39, 0.29) is 29.3 Å². The Balaban J connectivity index is 1.37. The molecule has 36 heavy (non-hydrogen) atoms. The Morgan fingerprint density at radius 3 is 2.83 bits per heavy atom. The molecule has 2 N–H and O–H groups in total. The summed E-state index contributed by atoms with van der Waals surface area (Å²) in [7, 11) is 0. The van der Waals surface area contributed by atoms with Crippen LogP contribution < -0.4 is 15.4 Å². The van der Waals surface area contributed by atoms with E-state index in [0.29, 0.717) is 57.8 Å². The van der Waals surface area contributed by atoms with Crippen molar-refractivity contribution in [1.29, 1.82) is 0 Å². The summed E-state index contributed by atoms with van der Waals surface area (Å²) in [6.07, 6.45) is 1.90. The lowest BCUT2D eigenvalue weighted by molar-refractivity contribution is -0.125. The smallest absolute Gasteiger partial charge is 0.255 e. The minimum Gasteiger partial charge on any atom is -0.493 e. The van der Waals surface area contributed by atoms with Crippen LogP contribution in [0, 0.1) is 11.7 Å². The van der Waals surface area contributed by atoms with Gasteiger partial charge in [0.25, 0.3) is 5.91 Å². The van der Waals surface area contributed by atoms with Gasteiger partial charge >= 0.3 is 0 Å². The summed E-state index contributed by atoms with van der Waals surface area (Å²) >= 11 is 1.59. The van der Waals surface area contributed by atoms with E-state index < -0.39 is 5.82 Å². The number of carbonyl (C=O) groups excluding carboxylic acids is 2. The lowest BCUT2D eigenvalue weighted by Crippen LogP contribution is -2.43. The van der Waals surface area contributed by atoms with Gasteiger partial charge < -0.3 is 15.4 Å². The summed E-state index contributed by atoms with van der Waals surface area (Å²) in [4.78, 5) is 33.1. The van der Waals surface area contributed by atoms with Crippen molar-refractivity contribution in [3.8, 4) is 17.0 Å². The van der Waals surface area contributed by atoms with Crippen LogP contribution in [0.1, 0.15) is 34.6 Å². The molecule has 2 amide bonds. The Hall–Kier alpha value is -3.30. The molecule has 188 valence electrons. The average molecular weight is 509 g/mol. The third-order valence-corrected chi connectivity index (χ3v) is 7.40. The zero-order valence-corrected chi connectivity index (χ0v) is 20.7. The lowest BCUT2D eigenvalue weighted by Gasteiger charge is -2.25. The Labute approximate surface area is 213 Å². The molecule has 3 aromatic rings. The molecule has 9 heteroatoms. The van der Waals surface area contributed by atoms with Crippen molar-refractivity contribution in [2.45, 2.75) is 31.8 Å². The summed E-state index contributed by atoms with van der Waals surface area (Å²) in [5.74, 6) is -0.669. The Morgan fingerprint density at radius 1 is 1.11 bits per heavy atom. The first-order valence-corrected chi connectivity index (χ1v) is 13.2. The zero-order chi connectivity index (χ0) is 24.9. The molecule has 2 aromatic carbocycles. The topological polar surface area (TPSA) is 83.6 Å².